The van der Waals surface area contributed by atoms with Crippen LogP contribution in [0.3, 0.4) is 0 Å². The topological polar surface area (TPSA) is 58.2 Å². The number of carbonyl (C=O) groups is 2. The SMILES string of the molecule is CCCCC(=O)Nc1ccccc1C(=O)NC(C)c1ccccc1. The Labute approximate surface area is 143 Å². The lowest BCUT2D eigenvalue weighted by atomic mass is 10.1. The van der Waals surface area contributed by atoms with Gasteiger partial charge in [-0.1, -0.05) is 55.8 Å². The van der Waals surface area contributed by atoms with Crippen molar-refractivity contribution in [3.63, 3.8) is 0 Å². The molecular weight excluding hydrogens is 300 g/mol. The summed E-state index contributed by atoms with van der Waals surface area (Å²) in [4.78, 5) is 24.5. The van der Waals surface area contributed by atoms with Gasteiger partial charge >= 0.3 is 0 Å². The molecule has 0 heterocycles. The Hall–Kier alpha value is -2.62. The fraction of sp³-hybridized carbons (Fsp3) is 0.300. The van der Waals surface area contributed by atoms with Crippen molar-refractivity contribution in [3.05, 3.63) is 65.7 Å². The normalized spacial score (nSPS) is 11.6. The van der Waals surface area contributed by atoms with Crippen molar-refractivity contribution in [2.75, 3.05) is 5.32 Å². The van der Waals surface area contributed by atoms with Gasteiger partial charge in [0.15, 0.2) is 0 Å². The molecule has 4 nitrogen and oxygen atoms in total. The molecule has 0 radical (unpaired) electrons. The van der Waals surface area contributed by atoms with Gasteiger partial charge < -0.3 is 10.6 Å². The number of hydrogen-bond donors (Lipinski definition) is 2. The highest BCUT2D eigenvalue weighted by Crippen LogP contribution is 2.18. The Morgan fingerprint density at radius 1 is 1.00 bits per heavy atom. The summed E-state index contributed by atoms with van der Waals surface area (Å²) in [7, 11) is 0. The first kappa shape index (κ1) is 17.7. The Bertz CT molecular complexity index is 683. The van der Waals surface area contributed by atoms with E-state index in [2.05, 4.69) is 10.6 Å². The molecule has 4 heteroatoms. The van der Waals surface area contributed by atoms with Crippen LogP contribution in [-0.2, 0) is 4.79 Å². The number of rotatable bonds is 7. The molecule has 2 aromatic carbocycles. The molecule has 0 aliphatic carbocycles. The minimum Gasteiger partial charge on any atom is -0.345 e. The number of benzene rings is 2. The number of amides is 2. The summed E-state index contributed by atoms with van der Waals surface area (Å²) in [6, 6.07) is 16.8. The van der Waals surface area contributed by atoms with Crippen molar-refractivity contribution >= 4 is 17.5 Å². The number of unbranched alkanes of at least 4 members (excludes halogenated alkanes) is 1. The second kappa shape index (κ2) is 8.87. The molecule has 0 saturated carbocycles. The number of carbonyl (C=O) groups excluding carboxylic acids is 2. The smallest absolute Gasteiger partial charge is 0.253 e. The fourth-order valence-electron chi connectivity index (χ4n) is 2.44. The van der Waals surface area contributed by atoms with E-state index >= 15 is 0 Å². The van der Waals surface area contributed by atoms with Crippen LogP contribution in [0.2, 0.25) is 0 Å². The Balaban J connectivity index is 2.08. The number of nitrogens with one attached hydrogen (secondary N) is 2. The first-order valence-corrected chi connectivity index (χ1v) is 8.36. The number of hydrogen-bond acceptors (Lipinski definition) is 2. The molecule has 0 fully saturated rings. The van der Waals surface area contributed by atoms with E-state index in [4.69, 9.17) is 0 Å². The summed E-state index contributed by atoms with van der Waals surface area (Å²) >= 11 is 0. The predicted octanol–water partition coefficient (Wildman–Crippen LogP) is 4.31. The van der Waals surface area contributed by atoms with Crippen LogP contribution in [0.4, 0.5) is 5.69 Å². The molecule has 0 spiro atoms. The van der Waals surface area contributed by atoms with Crippen molar-refractivity contribution in [2.45, 2.75) is 39.2 Å². The first-order chi connectivity index (χ1) is 11.6. The van der Waals surface area contributed by atoms with Crippen molar-refractivity contribution in [1.82, 2.24) is 5.32 Å². The average Bonchev–Trinajstić information content (AvgIpc) is 2.61. The molecule has 0 aromatic heterocycles. The molecule has 1 unspecified atom stereocenters. The van der Waals surface area contributed by atoms with Gasteiger partial charge in [-0.05, 0) is 31.0 Å². The summed E-state index contributed by atoms with van der Waals surface area (Å²) in [6.45, 7) is 3.98. The van der Waals surface area contributed by atoms with Crippen LogP contribution in [0.5, 0.6) is 0 Å². The molecule has 126 valence electrons. The van der Waals surface area contributed by atoms with E-state index in [1.54, 1.807) is 18.2 Å². The van der Waals surface area contributed by atoms with Gasteiger partial charge in [-0.15, -0.1) is 0 Å². The van der Waals surface area contributed by atoms with Gasteiger partial charge in [-0.25, -0.2) is 0 Å². The molecule has 0 bridgehead atoms. The van der Waals surface area contributed by atoms with E-state index in [0.717, 1.165) is 18.4 Å². The lowest BCUT2D eigenvalue weighted by molar-refractivity contribution is -0.116. The van der Waals surface area contributed by atoms with Crippen molar-refractivity contribution in [3.8, 4) is 0 Å². The zero-order chi connectivity index (χ0) is 17.4. The average molecular weight is 324 g/mol. The second-order valence-corrected chi connectivity index (χ2v) is 5.80. The Morgan fingerprint density at radius 2 is 1.67 bits per heavy atom. The maximum Gasteiger partial charge on any atom is 0.253 e. The van der Waals surface area contributed by atoms with E-state index in [-0.39, 0.29) is 17.9 Å². The van der Waals surface area contributed by atoms with Crippen LogP contribution in [0.25, 0.3) is 0 Å². The van der Waals surface area contributed by atoms with E-state index in [1.807, 2.05) is 50.2 Å². The van der Waals surface area contributed by atoms with Crippen molar-refractivity contribution in [1.29, 1.82) is 0 Å². The van der Waals surface area contributed by atoms with Gasteiger partial charge in [0.2, 0.25) is 5.91 Å². The van der Waals surface area contributed by atoms with E-state index in [0.29, 0.717) is 17.7 Å². The molecule has 0 aliphatic rings. The lowest BCUT2D eigenvalue weighted by Gasteiger charge is -2.16. The van der Waals surface area contributed by atoms with Crippen LogP contribution >= 0.6 is 0 Å². The molecule has 1 atom stereocenters. The molecule has 0 saturated heterocycles. The Kier molecular flexibility index (Phi) is 6.55. The predicted molar refractivity (Wildman–Crippen MR) is 96.9 cm³/mol. The summed E-state index contributed by atoms with van der Waals surface area (Å²) in [5.74, 6) is -0.258. The highest BCUT2D eigenvalue weighted by Gasteiger charge is 2.15. The minimum atomic E-state index is -0.197. The standard InChI is InChI=1S/C20H24N2O2/c1-3-4-14-19(23)22-18-13-9-8-12-17(18)20(24)21-15(2)16-10-6-5-7-11-16/h5-13,15H,3-4,14H2,1-2H3,(H,21,24)(H,22,23). The van der Waals surface area contributed by atoms with Gasteiger partial charge in [0.25, 0.3) is 5.91 Å². The summed E-state index contributed by atoms with van der Waals surface area (Å²) in [5.41, 5.74) is 2.07. The highest BCUT2D eigenvalue weighted by molar-refractivity contribution is 6.03. The van der Waals surface area contributed by atoms with Crippen LogP contribution in [-0.4, -0.2) is 11.8 Å². The minimum absolute atomic E-state index is 0.0618. The van der Waals surface area contributed by atoms with Crippen molar-refractivity contribution < 1.29 is 9.59 Å². The molecule has 0 aliphatic heterocycles. The third-order valence-corrected chi connectivity index (χ3v) is 3.85. The van der Waals surface area contributed by atoms with Gasteiger partial charge in [-0.3, -0.25) is 9.59 Å². The van der Waals surface area contributed by atoms with Gasteiger partial charge in [0, 0.05) is 6.42 Å². The maximum absolute atomic E-state index is 12.6. The van der Waals surface area contributed by atoms with E-state index < -0.39 is 0 Å². The monoisotopic (exact) mass is 324 g/mol. The zero-order valence-corrected chi connectivity index (χ0v) is 14.2. The molecule has 2 N–H and O–H groups in total. The first-order valence-electron chi connectivity index (χ1n) is 8.36. The fourth-order valence-corrected chi connectivity index (χ4v) is 2.44. The van der Waals surface area contributed by atoms with Gasteiger partial charge in [0.05, 0.1) is 17.3 Å². The highest BCUT2D eigenvalue weighted by atomic mass is 16.2. The van der Waals surface area contributed by atoms with E-state index in [1.165, 1.54) is 0 Å². The number of anilines is 1. The maximum atomic E-state index is 12.6. The largest absolute Gasteiger partial charge is 0.345 e. The summed E-state index contributed by atoms with van der Waals surface area (Å²) in [5, 5.41) is 5.82. The second-order valence-electron chi connectivity index (χ2n) is 5.80. The quantitative estimate of drug-likeness (QED) is 0.797. The third-order valence-electron chi connectivity index (χ3n) is 3.85. The number of para-hydroxylation sites is 1. The summed E-state index contributed by atoms with van der Waals surface area (Å²) < 4.78 is 0. The van der Waals surface area contributed by atoms with Crippen LogP contribution < -0.4 is 10.6 Å². The molecule has 2 amide bonds. The van der Waals surface area contributed by atoms with Gasteiger partial charge in [-0.2, -0.15) is 0 Å². The third kappa shape index (κ3) is 4.95. The molecule has 24 heavy (non-hydrogen) atoms. The molecular formula is C20H24N2O2. The molecule has 2 aromatic rings. The Morgan fingerprint density at radius 3 is 2.38 bits per heavy atom. The molecule has 2 rings (SSSR count). The lowest BCUT2D eigenvalue weighted by Crippen LogP contribution is -2.28. The van der Waals surface area contributed by atoms with Crippen LogP contribution in [0, 0.1) is 0 Å². The van der Waals surface area contributed by atoms with E-state index in [9.17, 15) is 9.59 Å². The van der Waals surface area contributed by atoms with Gasteiger partial charge in [0.1, 0.15) is 0 Å². The summed E-state index contributed by atoms with van der Waals surface area (Å²) in [6.07, 6.45) is 2.27. The van der Waals surface area contributed by atoms with Crippen molar-refractivity contribution in [2.24, 2.45) is 0 Å². The van der Waals surface area contributed by atoms with Crippen LogP contribution in [0.1, 0.15) is 55.1 Å². The van der Waals surface area contributed by atoms with Crippen LogP contribution in [0.15, 0.2) is 54.6 Å². The zero-order valence-electron chi connectivity index (χ0n) is 14.2.